The minimum absolute atomic E-state index is 0.0206. The van der Waals surface area contributed by atoms with Gasteiger partial charge in [0.15, 0.2) is 11.4 Å². The summed E-state index contributed by atoms with van der Waals surface area (Å²) in [5, 5.41) is 14.0. The van der Waals surface area contributed by atoms with E-state index < -0.39 is 11.2 Å². The number of benzene rings is 1. The topological polar surface area (TPSA) is 75.4 Å². The largest absolute Gasteiger partial charge is 0.502 e. The smallest absolute Gasteiger partial charge is 0.276 e. The van der Waals surface area contributed by atoms with E-state index in [9.17, 15) is 14.7 Å². The van der Waals surface area contributed by atoms with E-state index in [0.717, 1.165) is 5.56 Å². The van der Waals surface area contributed by atoms with Crippen LogP contribution in [0, 0.1) is 6.92 Å². The van der Waals surface area contributed by atoms with Crippen LogP contribution in [0.3, 0.4) is 0 Å². The third-order valence-corrected chi connectivity index (χ3v) is 3.58. The third-order valence-electron chi connectivity index (χ3n) is 3.58. The first-order valence-corrected chi connectivity index (χ1v) is 6.72. The molecule has 6 nitrogen and oxygen atoms in total. The van der Waals surface area contributed by atoms with Gasteiger partial charge in [0.1, 0.15) is 5.69 Å². The summed E-state index contributed by atoms with van der Waals surface area (Å²) < 4.78 is 1.41. The summed E-state index contributed by atoms with van der Waals surface area (Å²) in [4.78, 5) is 25.8. The number of hydrogen-bond acceptors (Lipinski definition) is 4. The van der Waals surface area contributed by atoms with E-state index in [-0.39, 0.29) is 17.3 Å². The summed E-state index contributed by atoms with van der Waals surface area (Å²) in [5.74, 6) is -0.877. The fourth-order valence-corrected chi connectivity index (χ4v) is 2.47. The Morgan fingerprint density at radius 2 is 1.90 bits per heavy atom. The van der Waals surface area contributed by atoms with E-state index in [4.69, 9.17) is 0 Å². The summed E-state index contributed by atoms with van der Waals surface area (Å²) in [6, 6.07) is 9.59. The molecule has 0 spiro atoms. The second-order valence-electron chi connectivity index (χ2n) is 5.05. The zero-order chi connectivity index (χ0) is 15.0. The molecule has 2 heterocycles. The molecule has 1 aliphatic rings. The number of aromatic hydroxyl groups is 1. The van der Waals surface area contributed by atoms with Crippen LogP contribution >= 0.6 is 0 Å². The van der Waals surface area contributed by atoms with Crippen LogP contribution in [0.2, 0.25) is 0 Å². The van der Waals surface area contributed by atoms with Crippen LogP contribution in [0.1, 0.15) is 21.7 Å². The fraction of sp³-hybridized carbons (Fsp3) is 0.267. The molecule has 108 valence electrons. The van der Waals surface area contributed by atoms with Crippen molar-refractivity contribution in [1.29, 1.82) is 0 Å². The second kappa shape index (κ2) is 5.05. The van der Waals surface area contributed by atoms with E-state index in [1.165, 1.54) is 11.6 Å². The van der Waals surface area contributed by atoms with Gasteiger partial charge >= 0.3 is 0 Å². The van der Waals surface area contributed by atoms with Crippen molar-refractivity contribution in [1.82, 2.24) is 14.7 Å². The maximum absolute atomic E-state index is 12.5. The van der Waals surface area contributed by atoms with E-state index in [0.29, 0.717) is 19.6 Å². The molecule has 0 fully saturated rings. The van der Waals surface area contributed by atoms with Gasteiger partial charge < -0.3 is 10.0 Å². The fourth-order valence-electron chi connectivity index (χ4n) is 2.47. The molecule has 0 atom stereocenters. The average molecular weight is 285 g/mol. The molecule has 0 saturated heterocycles. The molecule has 0 saturated carbocycles. The number of hydrogen-bond donors (Lipinski definition) is 1. The van der Waals surface area contributed by atoms with E-state index in [2.05, 4.69) is 5.10 Å². The predicted octanol–water partition coefficient (Wildman–Crippen LogP) is 0.913. The number of fused-ring (bicyclic) bond motifs is 1. The Morgan fingerprint density at radius 3 is 2.62 bits per heavy atom. The molecular formula is C15H15N3O3. The van der Waals surface area contributed by atoms with E-state index in [1.54, 1.807) is 4.90 Å². The van der Waals surface area contributed by atoms with Gasteiger partial charge in [-0.2, -0.15) is 5.10 Å². The van der Waals surface area contributed by atoms with Gasteiger partial charge in [-0.05, 0) is 12.5 Å². The SMILES string of the molecule is Cc1nn2c(c(O)c1=O)C(=O)N(Cc1ccccc1)CC2. The Kier molecular flexibility index (Phi) is 3.21. The summed E-state index contributed by atoms with van der Waals surface area (Å²) in [7, 11) is 0. The molecule has 1 aliphatic heterocycles. The molecule has 2 aromatic rings. The summed E-state index contributed by atoms with van der Waals surface area (Å²) >= 11 is 0. The molecular weight excluding hydrogens is 270 g/mol. The molecule has 3 rings (SSSR count). The monoisotopic (exact) mass is 285 g/mol. The normalized spacial score (nSPS) is 14.1. The highest BCUT2D eigenvalue weighted by molar-refractivity contribution is 5.95. The number of carbonyl (C=O) groups excluding carboxylic acids is 1. The van der Waals surface area contributed by atoms with Crippen LogP contribution in [0.4, 0.5) is 0 Å². The molecule has 21 heavy (non-hydrogen) atoms. The average Bonchev–Trinajstić information content (AvgIpc) is 2.49. The summed E-state index contributed by atoms with van der Waals surface area (Å²) in [5.41, 5.74) is 0.589. The van der Waals surface area contributed by atoms with Crippen molar-refractivity contribution in [2.75, 3.05) is 6.54 Å². The molecule has 0 aliphatic carbocycles. The summed E-state index contributed by atoms with van der Waals surface area (Å²) in [6.07, 6.45) is 0. The molecule has 0 radical (unpaired) electrons. The lowest BCUT2D eigenvalue weighted by Gasteiger charge is -2.29. The van der Waals surface area contributed by atoms with Gasteiger partial charge in [-0.15, -0.1) is 0 Å². The minimum atomic E-state index is -0.587. The molecule has 0 unspecified atom stereocenters. The van der Waals surface area contributed by atoms with Gasteiger partial charge in [0.05, 0.1) is 6.54 Å². The van der Waals surface area contributed by atoms with Crippen LogP contribution in [0.5, 0.6) is 5.75 Å². The number of aryl methyl sites for hydroxylation is 1. The Hall–Kier alpha value is -2.63. The number of carbonyl (C=O) groups is 1. The van der Waals surface area contributed by atoms with Crippen molar-refractivity contribution in [2.24, 2.45) is 0 Å². The molecule has 1 N–H and O–H groups in total. The molecule has 6 heteroatoms. The Bertz CT molecular complexity index is 753. The highest BCUT2D eigenvalue weighted by Gasteiger charge is 2.29. The van der Waals surface area contributed by atoms with Gasteiger partial charge in [0.25, 0.3) is 5.91 Å². The van der Waals surface area contributed by atoms with Gasteiger partial charge in [-0.1, -0.05) is 30.3 Å². The predicted molar refractivity (Wildman–Crippen MR) is 76.1 cm³/mol. The van der Waals surface area contributed by atoms with Crippen molar-refractivity contribution in [3.63, 3.8) is 0 Å². The first-order valence-electron chi connectivity index (χ1n) is 6.72. The molecule has 0 bridgehead atoms. The van der Waals surface area contributed by atoms with Crippen LogP contribution in [0.25, 0.3) is 0 Å². The Morgan fingerprint density at radius 1 is 1.19 bits per heavy atom. The number of nitrogens with zero attached hydrogens (tertiary/aromatic N) is 3. The van der Waals surface area contributed by atoms with Crippen molar-refractivity contribution in [3.05, 3.63) is 57.5 Å². The van der Waals surface area contributed by atoms with Gasteiger partial charge in [0.2, 0.25) is 5.43 Å². The standard InChI is InChI=1S/C15H15N3O3/c1-10-13(19)14(20)12-15(21)17(7-8-18(12)16-10)9-11-5-3-2-4-6-11/h2-6,20H,7-9H2,1H3. The molecule has 1 aromatic heterocycles. The van der Waals surface area contributed by atoms with Crippen molar-refractivity contribution < 1.29 is 9.90 Å². The Balaban J connectivity index is 1.96. The zero-order valence-corrected chi connectivity index (χ0v) is 11.6. The van der Waals surface area contributed by atoms with Gasteiger partial charge in [0, 0.05) is 13.1 Å². The lowest BCUT2D eigenvalue weighted by atomic mass is 10.1. The zero-order valence-electron chi connectivity index (χ0n) is 11.6. The summed E-state index contributed by atoms with van der Waals surface area (Å²) in [6.45, 7) is 2.93. The highest BCUT2D eigenvalue weighted by Crippen LogP contribution is 2.20. The van der Waals surface area contributed by atoms with Crippen molar-refractivity contribution in [3.8, 4) is 5.75 Å². The van der Waals surface area contributed by atoms with Gasteiger partial charge in [-0.25, -0.2) is 0 Å². The quantitative estimate of drug-likeness (QED) is 0.890. The lowest BCUT2D eigenvalue weighted by molar-refractivity contribution is 0.0673. The molecule has 1 amide bonds. The van der Waals surface area contributed by atoms with Crippen LogP contribution in [-0.4, -0.2) is 32.2 Å². The first kappa shape index (κ1) is 13.4. The van der Waals surface area contributed by atoms with Crippen molar-refractivity contribution in [2.45, 2.75) is 20.0 Å². The molecule has 1 aromatic carbocycles. The number of rotatable bonds is 2. The van der Waals surface area contributed by atoms with E-state index in [1.807, 2.05) is 30.3 Å². The van der Waals surface area contributed by atoms with Crippen LogP contribution in [-0.2, 0) is 13.1 Å². The Labute approximate surface area is 121 Å². The van der Waals surface area contributed by atoms with Gasteiger partial charge in [-0.3, -0.25) is 14.3 Å². The van der Waals surface area contributed by atoms with E-state index >= 15 is 0 Å². The van der Waals surface area contributed by atoms with Crippen LogP contribution < -0.4 is 5.43 Å². The lowest BCUT2D eigenvalue weighted by Crippen LogP contribution is -2.42. The minimum Gasteiger partial charge on any atom is -0.502 e. The first-order chi connectivity index (χ1) is 10.1. The third kappa shape index (κ3) is 2.29. The van der Waals surface area contributed by atoms with Crippen LogP contribution in [0.15, 0.2) is 35.1 Å². The number of amides is 1. The second-order valence-corrected chi connectivity index (χ2v) is 5.05. The maximum atomic E-state index is 12.5. The maximum Gasteiger partial charge on any atom is 0.276 e. The number of aromatic nitrogens is 2. The van der Waals surface area contributed by atoms with Crippen molar-refractivity contribution >= 4 is 5.91 Å². The highest BCUT2D eigenvalue weighted by atomic mass is 16.3.